The van der Waals surface area contributed by atoms with Crippen LogP contribution in [0.25, 0.3) is 0 Å². The molecular formula is C8H12N2O. The molecule has 0 atom stereocenters. The second kappa shape index (κ2) is 4.82. The number of rotatable bonds is 4. The zero-order valence-electron chi connectivity index (χ0n) is 6.58. The lowest BCUT2D eigenvalue weighted by Crippen LogP contribution is -2.15. The Labute approximate surface area is 66.4 Å². The Morgan fingerprint density at radius 3 is 3.18 bits per heavy atom. The number of pyridine rings is 1. The molecule has 0 aliphatic heterocycles. The molecule has 0 saturated carbocycles. The molecule has 0 aliphatic rings. The predicted molar refractivity (Wildman–Crippen MR) is 43.0 cm³/mol. The zero-order chi connectivity index (χ0) is 7.94. The van der Waals surface area contributed by atoms with Gasteiger partial charge in [0.2, 0.25) is 0 Å². The summed E-state index contributed by atoms with van der Waals surface area (Å²) in [6.45, 7) is 1.39. The lowest BCUT2D eigenvalue weighted by molar-refractivity contribution is 0.174. The molecule has 3 nitrogen and oxygen atoms in total. The van der Waals surface area contributed by atoms with Gasteiger partial charge in [0, 0.05) is 26.0 Å². The molecule has 0 aromatic carbocycles. The summed E-state index contributed by atoms with van der Waals surface area (Å²) in [4.78, 5) is 3.98. The van der Waals surface area contributed by atoms with E-state index in [-0.39, 0.29) is 0 Å². The van der Waals surface area contributed by atoms with E-state index in [0.717, 1.165) is 6.54 Å². The van der Waals surface area contributed by atoms with Crippen molar-refractivity contribution >= 4 is 0 Å². The summed E-state index contributed by atoms with van der Waals surface area (Å²) in [6, 6.07) is 3.94. The van der Waals surface area contributed by atoms with Gasteiger partial charge in [0.15, 0.2) is 0 Å². The molecule has 1 rings (SSSR count). The minimum absolute atomic E-state index is 0.578. The number of nitrogens with zero attached hydrogens (tertiary/aromatic N) is 1. The monoisotopic (exact) mass is 152 g/mol. The summed E-state index contributed by atoms with van der Waals surface area (Å²) in [5.41, 5.74) is 1.17. The molecule has 11 heavy (non-hydrogen) atoms. The van der Waals surface area contributed by atoms with Gasteiger partial charge >= 0.3 is 0 Å². The van der Waals surface area contributed by atoms with Gasteiger partial charge in [0.1, 0.15) is 0 Å². The van der Waals surface area contributed by atoms with E-state index in [1.165, 1.54) is 5.56 Å². The summed E-state index contributed by atoms with van der Waals surface area (Å²) >= 11 is 0. The third-order valence-electron chi connectivity index (χ3n) is 1.30. The molecule has 60 valence electrons. The van der Waals surface area contributed by atoms with Crippen LogP contribution in [0.1, 0.15) is 5.56 Å². The highest BCUT2D eigenvalue weighted by atomic mass is 16.5. The Morgan fingerprint density at radius 1 is 1.64 bits per heavy atom. The summed E-state index contributed by atoms with van der Waals surface area (Å²) in [6.07, 6.45) is 3.60. The normalized spacial score (nSPS) is 9.91. The van der Waals surface area contributed by atoms with Gasteiger partial charge in [0.25, 0.3) is 0 Å². The average molecular weight is 152 g/mol. The van der Waals surface area contributed by atoms with E-state index in [2.05, 4.69) is 10.3 Å². The Bertz CT molecular complexity index is 189. The third-order valence-corrected chi connectivity index (χ3v) is 1.30. The van der Waals surface area contributed by atoms with E-state index in [0.29, 0.717) is 6.73 Å². The second-order valence-corrected chi connectivity index (χ2v) is 2.22. The van der Waals surface area contributed by atoms with E-state index in [4.69, 9.17) is 4.74 Å². The molecule has 0 saturated heterocycles. The van der Waals surface area contributed by atoms with Crippen molar-refractivity contribution in [3.8, 4) is 0 Å². The van der Waals surface area contributed by atoms with Crippen LogP contribution in [0.2, 0.25) is 0 Å². The van der Waals surface area contributed by atoms with E-state index < -0.39 is 0 Å². The van der Waals surface area contributed by atoms with Gasteiger partial charge in [-0.15, -0.1) is 0 Å². The molecule has 1 heterocycles. The molecule has 0 amide bonds. The lowest BCUT2D eigenvalue weighted by atomic mass is 10.3. The first-order chi connectivity index (χ1) is 5.43. The van der Waals surface area contributed by atoms with Crippen molar-refractivity contribution in [3.05, 3.63) is 30.1 Å². The molecular weight excluding hydrogens is 140 g/mol. The maximum absolute atomic E-state index is 4.83. The van der Waals surface area contributed by atoms with Crippen LogP contribution in [-0.2, 0) is 11.3 Å². The van der Waals surface area contributed by atoms with Gasteiger partial charge in [0.05, 0.1) is 6.73 Å². The number of aromatic nitrogens is 1. The maximum Gasteiger partial charge on any atom is 0.0964 e. The molecule has 1 aromatic rings. The molecule has 0 radical (unpaired) electrons. The Morgan fingerprint density at radius 2 is 2.55 bits per heavy atom. The van der Waals surface area contributed by atoms with Crippen molar-refractivity contribution in [2.24, 2.45) is 0 Å². The van der Waals surface area contributed by atoms with E-state index in [1.54, 1.807) is 13.3 Å². The van der Waals surface area contributed by atoms with Crippen LogP contribution in [-0.4, -0.2) is 18.8 Å². The molecule has 0 aliphatic carbocycles. The molecule has 0 fully saturated rings. The number of methoxy groups -OCH3 is 1. The first kappa shape index (κ1) is 8.17. The summed E-state index contributed by atoms with van der Waals surface area (Å²) < 4.78 is 4.83. The predicted octanol–water partition coefficient (Wildman–Crippen LogP) is 0.775. The Balaban J connectivity index is 2.28. The van der Waals surface area contributed by atoms with Crippen molar-refractivity contribution in [3.63, 3.8) is 0 Å². The number of ether oxygens (including phenoxy) is 1. The van der Waals surface area contributed by atoms with E-state index in [1.807, 2.05) is 18.3 Å². The average Bonchev–Trinajstić information content (AvgIpc) is 2.07. The smallest absolute Gasteiger partial charge is 0.0964 e. The fourth-order valence-electron chi connectivity index (χ4n) is 0.800. The molecule has 0 spiro atoms. The minimum Gasteiger partial charge on any atom is -0.370 e. The van der Waals surface area contributed by atoms with Gasteiger partial charge < -0.3 is 4.74 Å². The second-order valence-electron chi connectivity index (χ2n) is 2.22. The Kier molecular flexibility index (Phi) is 3.58. The van der Waals surface area contributed by atoms with Gasteiger partial charge in [-0.1, -0.05) is 6.07 Å². The standard InChI is InChI=1S/C8H12N2O/c1-11-7-10-6-8-3-2-4-9-5-8/h2-5,10H,6-7H2,1H3. The maximum atomic E-state index is 4.83. The Hall–Kier alpha value is -0.930. The van der Waals surface area contributed by atoms with Crippen LogP contribution in [0.5, 0.6) is 0 Å². The summed E-state index contributed by atoms with van der Waals surface area (Å²) in [5.74, 6) is 0. The first-order valence-electron chi connectivity index (χ1n) is 3.52. The highest BCUT2D eigenvalue weighted by Crippen LogP contribution is 1.93. The fraction of sp³-hybridized carbons (Fsp3) is 0.375. The van der Waals surface area contributed by atoms with Crippen molar-refractivity contribution in [1.82, 2.24) is 10.3 Å². The van der Waals surface area contributed by atoms with E-state index in [9.17, 15) is 0 Å². The van der Waals surface area contributed by atoms with Crippen molar-refractivity contribution < 1.29 is 4.74 Å². The van der Waals surface area contributed by atoms with Gasteiger partial charge in [-0.3, -0.25) is 10.3 Å². The van der Waals surface area contributed by atoms with Crippen molar-refractivity contribution in [2.75, 3.05) is 13.8 Å². The van der Waals surface area contributed by atoms with Crippen LogP contribution in [0.15, 0.2) is 24.5 Å². The molecule has 0 bridgehead atoms. The van der Waals surface area contributed by atoms with E-state index >= 15 is 0 Å². The SMILES string of the molecule is COCNCc1cccnc1. The van der Waals surface area contributed by atoms with Crippen LogP contribution in [0, 0.1) is 0 Å². The highest BCUT2D eigenvalue weighted by molar-refractivity contribution is 5.07. The van der Waals surface area contributed by atoms with Crippen LogP contribution in [0.4, 0.5) is 0 Å². The molecule has 1 N–H and O–H groups in total. The quantitative estimate of drug-likeness (QED) is 0.511. The zero-order valence-corrected chi connectivity index (χ0v) is 6.58. The van der Waals surface area contributed by atoms with Gasteiger partial charge in [-0.25, -0.2) is 0 Å². The van der Waals surface area contributed by atoms with Crippen molar-refractivity contribution in [1.29, 1.82) is 0 Å². The first-order valence-corrected chi connectivity index (χ1v) is 3.52. The number of hydrogen-bond acceptors (Lipinski definition) is 3. The highest BCUT2D eigenvalue weighted by Gasteiger charge is 1.88. The minimum atomic E-state index is 0.578. The topological polar surface area (TPSA) is 34.1 Å². The van der Waals surface area contributed by atoms with Crippen LogP contribution in [0.3, 0.4) is 0 Å². The number of nitrogens with one attached hydrogen (secondary N) is 1. The van der Waals surface area contributed by atoms with Gasteiger partial charge in [-0.05, 0) is 11.6 Å². The van der Waals surface area contributed by atoms with Crippen molar-refractivity contribution in [2.45, 2.75) is 6.54 Å². The van der Waals surface area contributed by atoms with Crippen LogP contribution >= 0.6 is 0 Å². The van der Waals surface area contributed by atoms with Gasteiger partial charge in [-0.2, -0.15) is 0 Å². The third kappa shape index (κ3) is 3.11. The lowest BCUT2D eigenvalue weighted by Gasteiger charge is -2.01. The summed E-state index contributed by atoms with van der Waals surface area (Å²) in [5, 5.41) is 3.09. The molecule has 3 heteroatoms. The fourth-order valence-corrected chi connectivity index (χ4v) is 0.800. The molecule has 1 aromatic heterocycles. The summed E-state index contributed by atoms with van der Waals surface area (Å²) in [7, 11) is 1.66. The largest absolute Gasteiger partial charge is 0.370 e. The molecule has 0 unspecified atom stereocenters. The number of hydrogen-bond donors (Lipinski definition) is 1. The van der Waals surface area contributed by atoms with Crippen LogP contribution < -0.4 is 5.32 Å².